The Labute approximate surface area is 128 Å². The van der Waals surface area contributed by atoms with E-state index >= 15 is 0 Å². The third kappa shape index (κ3) is 4.21. The van der Waals surface area contributed by atoms with Crippen LogP contribution >= 0.6 is 0 Å². The molecule has 0 saturated heterocycles. The Balaban J connectivity index is 2.17. The van der Waals surface area contributed by atoms with Gasteiger partial charge in [0.15, 0.2) is 0 Å². The molecule has 2 nitrogen and oxygen atoms in total. The zero-order valence-corrected chi connectivity index (χ0v) is 13.6. The molecule has 0 spiro atoms. The van der Waals surface area contributed by atoms with Crippen LogP contribution in [0, 0.1) is 0 Å². The highest BCUT2D eigenvalue weighted by Crippen LogP contribution is 2.24. The second-order valence-corrected chi connectivity index (χ2v) is 5.60. The topological polar surface area (TPSA) is 12.5 Å². The molecule has 0 N–H and O–H groups in total. The molecule has 0 radical (unpaired) electrons. The molecule has 0 heterocycles. The molecule has 2 aromatic rings. The van der Waals surface area contributed by atoms with Crippen LogP contribution in [0.3, 0.4) is 0 Å². The van der Waals surface area contributed by atoms with Crippen molar-refractivity contribution in [3.63, 3.8) is 0 Å². The number of benzene rings is 2. The van der Waals surface area contributed by atoms with Crippen LogP contribution in [0.4, 0.5) is 0 Å². The third-order valence-corrected chi connectivity index (χ3v) is 3.96. The highest BCUT2D eigenvalue weighted by atomic mass is 16.5. The molecule has 0 saturated carbocycles. The van der Waals surface area contributed by atoms with E-state index in [1.165, 1.54) is 42.3 Å². The highest BCUT2D eigenvalue weighted by Gasteiger charge is 2.06. The largest absolute Gasteiger partial charge is 0.497 e. The van der Waals surface area contributed by atoms with Gasteiger partial charge in [-0.05, 0) is 60.8 Å². The minimum absolute atomic E-state index is 0.939. The van der Waals surface area contributed by atoms with Gasteiger partial charge in [0.25, 0.3) is 0 Å². The van der Waals surface area contributed by atoms with Crippen LogP contribution in [0.5, 0.6) is 5.75 Å². The summed E-state index contributed by atoms with van der Waals surface area (Å²) in [5, 5.41) is 2.62. The minimum Gasteiger partial charge on any atom is -0.497 e. The number of rotatable bonds is 8. The van der Waals surface area contributed by atoms with Crippen LogP contribution in [0.15, 0.2) is 36.4 Å². The molecule has 0 unspecified atom stereocenters. The molecule has 2 aromatic carbocycles. The van der Waals surface area contributed by atoms with Crippen molar-refractivity contribution < 1.29 is 4.74 Å². The van der Waals surface area contributed by atoms with Gasteiger partial charge in [0.1, 0.15) is 5.75 Å². The molecule has 2 heteroatoms. The first-order valence-electron chi connectivity index (χ1n) is 8.06. The molecule has 0 aromatic heterocycles. The summed E-state index contributed by atoms with van der Waals surface area (Å²) >= 11 is 0. The van der Waals surface area contributed by atoms with E-state index in [1.54, 1.807) is 7.11 Å². The summed E-state index contributed by atoms with van der Waals surface area (Å²) in [6.07, 6.45) is 3.55. The Morgan fingerprint density at radius 2 is 1.71 bits per heavy atom. The van der Waals surface area contributed by atoms with E-state index in [9.17, 15) is 0 Å². The van der Waals surface area contributed by atoms with Crippen molar-refractivity contribution in [1.82, 2.24) is 4.90 Å². The van der Waals surface area contributed by atoms with Crippen molar-refractivity contribution in [3.05, 3.63) is 42.0 Å². The molecule has 0 atom stereocenters. The Hall–Kier alpha value is -1.54. The van der Waals surface area contributed by atoms with Crippen molar-refractivity contribution in [2.45, 2.75) is 33.1 Å². The maximum atomic E-state index is 5.37. The summed E-state index contributed by atoms with van der Waals surface area (Å²) in [4.78, 5) is 2.57. The van der Waals surface area contributed by atoms with Crippen molar-refractivity contribution in [2.24, 2.45) is 0 Å². The van der Waals surface area contributed by atoms with Crippen LogP contribution in [-0.4, -0.2) is 31.6 Å². The first-order chi connectivity index (χ1) is 10.3. The first kappa shape index (κ1) is 15.8. The van der Waals surface area contributed by atoms with Crippen molar-refractivity contribution in [2.75, 3.05) is 26.7 Å². The second-order valence-electron chi connectivity index (χ2n) is 5.60. The van der Waals surface area contributed by atoms with Gasteiger partial charge >= 0.3 is 0 Å². The number of nitrogens with zero attached hydrogens (tertiary/aromatic N) is 1. The number of hydrogen-bond acceptors (Lipinski definition) is 2. The molecular weight excluding hydrogens is 258 g/mol. The molecule has 0 aliphatic carbocycles. The summed E-state index contributed by atoms with van der Waals surface area (Å²) in [6, 6.07) is 12.9. The van der Waals surface area contributed by atoms with Crippen LogP contribution in [0.25, 0.3) is 10.8 Å². The summed E-state index contributed by atoms with van der Waals surface area (Å²) in [7, 11) is 1.73. The van der Waals surface area contributed by atoms with Gasteiger partial charge < -0.3 is 9.64 Å². The zero-order valence-electron chi connectivity index (χ0n) is 13.6. The molecule has 0 bridgehead atoms. The van der Waals surface area contributed by atoms with E-state index in [4.69, 9.17) is 4.74 Å². The summed E-state index contributed by atoms with van der Waals surface area (Å²) in [5.74, 6) is 0.939. The van der Waals surface area contributed by atoms with E-state index < -0.39 is 0 Å². The summed E-state index contributed by atoms with van der Waals surface area (Å²) < 4.78 is 5.37. The van der Waals surface area contributed by atoms with E-state index in [2.05, 4.69) is 49.1 Å². The van der Waals surface area contributed by atoms with Gasteiger partial charge in [-0.15, -0.1) is 0 Å². The Morgan fingerprint density at radius 3 is 2.38 bits per heavy atom. The van der Waals surface area contributed by atoms with Crippen LogP contribution in [0.1, 0.15) is 32.3 Å². The smallest absolute Gasteiger partial charge is 0.119 e. The number of ether oxygens (including phenoxy) is 1. The van der Waals surface area contributed by atoms with Gasteiger partial charge in [0.05, 0.1) is 7.11 Å². The van der Waals surface area contributed by atoms with Gasteiger partial charge in [-0.3, -0.25) is 0 Å². The van der Waals surface area contributed by atoms with E-state index in [-0.39, 0.29) is 0 Å². The van der Waals surface area contributed by atoms with Gasteiger partial charge in [-0.25, -0.2) is 0 Å². The molecule has 21 heavy (non-hydrogen) atoms. The lowest BCUT2D eigenvalue weighted by Gasteiger charge is -2.21. The molecule has 2 rings (SSSR count). The van der Waals surface area contributed by atoms with E-state index in [0.717, 1.165) is 18.7 Å². The summed E-state index contributed by atoms with van der Waals surface area (Å²) in [5.41, 5.74) is 1.42. The number of hydrogen-bond donors (Lipinski definition) is 0. The minimum atomic E-state index is 0.939. The molecule has 0 aliphatic heterocycles. The Bertz CT molecular complexity index is 558. The highest BCUT2D eigenvalue weighted by molar-refractivity contribution is 5.87. The van der Waals surface area contributed by atoms with Crippen LogP contribution in [0.2, 0.25) is 0 Å². The molecule has 0 amide bonds. The Morgan fingerprint density at radius 1 is 0.952 bits per heavy atom. The fourth-order valence-electron chi connectivity index (χ4n) is 2.91. The molecule has 0 fully saturated rings. The lowest BCUT2D eigenvalue weighted by atomic mass is 10.0. The molecule has 0 aliphatic rings. The number of methoxy groups -OCH3 is 1. The lowest BCUT2D eigenvalue weighted by molar-refractivity contribution is 0.278. The predicted octanol–water partition coefficient (Wildman–Crippen LogP) is 4.51. The van der Waals surface area contributed by atoms with Crippen LogP contribution in [-0.2, 0) is 6.42 Å². The normalized spacial score (nSPS) is 11.2. The average molecular weight is 285 g/mol. The lowest BCUT2D eigenvalue weighted by Crippen LogP contribution is -2.27. The monoisotopic (exact) mass is 285 g/mol. The fraction of sp³-hybridized carbons (Fsp3) is 0.474. The average Bonchev–Trinajstić information content (AvgIpc) is 2.52. The first-order valence-corrected chi connectivity index (χ1v) is 8.06. The predicted molar refractivity (Wildman–Crippen MR) is 91.2 cm³/mol. The maximum Gasteiger partial charge on any atom is 0.119 e. The zero-order chi connectivity index (χ0) is 15.1. The van der Waals surface area contributed by atoms with E-state index in [1.807, 2.05) is 6.07 Å². The maximum absolute atomic E-state index is 5.37. The third-order valence-electron chi connectivity index (χ3n) is 3.96. The van der Waals surface area contributed by atoms with Crippen molar-refractivity contribution in [1.29, 1.82) is 0 Å². The quantitative estimate of drug-likeness (QED) is 0.707. The fourth-order valence-corrected chi connectivity index (χ4v) is 2.91. The molecular formula is C19H27NO. The molecule has 114 valence electrons. The van der Waals surface area contributed by atoms with Gasteiger partial charge in [0.2, 0.25) is 0 Å². The van der Waals surface area contributed by atoms with Gasteiger partial charge in [-0.2, -0.15) is 0 Å². The van der Waals surface area contributed by atoms with Gasteiger partial charge in [-0.1, -0.05) is 38.1 Å². The SMILES string of the molecule is CCCN(CCC)CCc1cccc2ccc(OC)cc12. The standard InChI is InChI=1S/C19H27NO/c1-4-12-20(13-5-2)14-11-17-8-6-7-16-9-10-18(21-3)15-19(16)17/h6-10,15H,4-5,11-14H2,1-3H3. The van der Waals surface area contributed by atoms with E-state index in [0.29, 0.717) is 0 Å². The van der Waals surface area contributed by atoms with Crippen LogP contribution < -0.4 is 4.74 Å². The second kappa shape index (κ2) is 8.04. The van der Waals surface area contributed by atoms with Crippen molar-refractivity contribution in [3.8, 4) is 5.75 Å². The summed E-state index contributed by atoms with van der Waals surface area (Å²) in [6.45, 7) is 8.04. The Kier molecular flexibility index (Phi) is 6.06. The number of fused-ring (bicyclic) bond motifs is 1. The van der Waals surface area contributed by atoms with Crippen molar-refractivity contribution >= 4 is 10.8 Å². The van der Waals surface area contributed by atoms with Gasteiger partial charge in [0, 0.05) is 6.54 Å².